The molecule has 0 aliphatic heterocycles. The highest BCUT2D eigenvalue weighted by atomic mass is 16.2. The van der Waals surface area contributed by atoms with Crippen LogP contribution in [0.3, 0.4) is 0 Å². The first kappa shape index (κ1) is 21.1. The van der Waals surface area contributed by atoms with Crippen molar-refractivity contribution >= 4 is 11.7 Å². The molecule has 1 heterocycles. The van der Waals surface area contributed by atoms with Crippen LogP contribution < -0.4 is 10.6 Å². The van der Waals surface area contributed by atoms with E-state index in [0.29, 0.717) is 30.3 Å². The summed E-state index contributed by atoms with van der Waals surface area (Å²) in [5, 5.41) is 20.0. The second kappa shape index (κ2) is 10.3. The number of carbonyl (C=O) groups is 1. The van der Waals surface area contributed by atoms with Gasteiger partial charge in [0, 0.05) is 13.2 Å². The number of carbonyl (C=O) groups excluding carboxylic acids is 1. The van der Waals surface area contributed by atoms with Crippen LogP contribution >= 0.6 is 0 Å². The van der Waals surface area contributed by atoms with Crippen LogP contribution in [0.2, 0.25) is 0 Å². The number of amides is 1. The topological polar surface area (TPSA) is 79.2 Å². The van der Waals surface area contributed by atoms with Crippen LogP contribution in [0.1, 0.15) is 55.8 Å². The predicted octanol–water partition coefficient (Wildman–Crippen LogP) is 3.92. The SMILES string of the molecule is C=C1CC(CC)CCC1NC(=O)c1cnn(-c2ccccc2)c1NCCCCO. The van der Waals surface area contributed by atoms with E-state index < -0.39 is 0 Å². The van der Waals surface area contributed by atoms with Crippen molar-refractivity contribution in [1.29, 1.82) is 0 Å². The van der Waals surface area contributed by atoms with Gasteiger partial charge in [0.15, 0.2) is 0 Å². The van der Waals surface area contributed by atoms with Crippen LogP contribution in [0.4, 0.5) is 5.82 Å². The number of para-hydroxylation sites is 1. The van der Waals surface area contributed by atoms with Crippen molar-refractivity contribution in [1.82, 2.24) is 15.1 Å². The van der Waals surface area contributed by atoms with Gasteiger partial charge in [-0.05, 0) is 50.2 Å². The second-order valence-corrected chi connectivity index (χ2v) is 7.75. The van der Waals surface area contributed by atoms with Gasteiger partial charge in [-0.2, -0.15) is 5.10 Å². The van der Waals surface area contributed by atoms with Gasteiger partial charge in [-0.1, -0.05) is 43.7 Å². The van der Waals surface area contributed by atoms with E-state index in [1.807, 2.05) is 30.3 Å². The zero-order valence-corrected chi connectivity index (χ0v) is 17.2. The quantitative estimate of drug-likeness (QED) is 0.443. The zero-order valence-electron chi connectivity index (χ0n) is 17.2. The fourth-order valence-electron chi connectivity index (χ4n) is 3.87. The lowest BCUT2D eigenvalue weighted by Gasteiger charge is -2.30. The van der Waals surface area contributed by atoms with Crippen molar-refractivity contribution in [2.24, 2.45) is 5.92 Å². The van der Waals surface area contributed by atoms with Gasteiger partial charge in [-0.3, -0.25) is 4.79 Å². The lowest BCUT2D eigenvalue weighted by molar-refractivity contribution is 0.0936. The molecule has 156 valence electrons. The number of anilines is 1. The summed E-state index contributed by atoms with van der Waals surface area (Å²) in [6.45, 7) is 7.25. The molecule has 2 atom stereocenters. The molecular weight excluding hydrogens is 364 g/mol. The van der Waals surface area contributed by atoms with E-state index in [2.05, 4.69) is 29.2 Å². The number of aliphatic hydroxyl groups excluding tert-OH is 1. The van der Waals surface area contributed by atoms with Crippen molar-refractivity contribution in [2.45, 2.75) is 51.5 Å². The van der Waals surface area contributed by atoms with Crippen LogP contribution in [0.15, 0.2) is 48.7 Å². The maximum atomic E-state index is 13.1. The van der Waals surface area contributed by atoms with Crippen LogP contribution in [0, 0.1) is 5.92 Å². The number of unbranched alkanes of at least 4 members (excludes halogenated alkanes) is 1. The first-order valence-electron chi connectivity index (χ1n) is 10.6. The molecule has 1 aliphatic rings. The van der Waals surface area contributed by atoms with Crippen LogP contribution in [-0.4, -0.2) is 40.0 Å². The van der Waals surface area contributed by atoms with Crippen molar-refractivity contribution in [2.75, 3.05) is 18.5 Å². The van der Waals surface area contributed by atoms with Gasteiger partial charge in [0.2, 0.25) is 0 Å². The van der Waals surface area contributed by atoms with Gasteiger partial charge >= 0.3 is 0 Å². The smallest absolute Gasteiger partial charge is 0.257 e. The van der Waals surface area contributed by atoms with Gasteiger partial charge in [0.1, 0.15) is 11.4 Å². The average Bonchev–Trinajstić information content (AvgIpc) is 3.17. The van der Waals surface area contributed by atoms with E-state index in [0.717, 1.165) is 43.4 Å². The highest BCUT2D eigenvalue weighted by Gasteiger charge is 2.26. The number of nitrogens with zero attached hydrogens (tertiary/aromatic N) is 2. The number of hydrogen-bond acceptors (Lipinski definition) is 4. The molecule has 0 saturated heterocycles. The summed E-state index contributed by atoms with van der Waals surface area (Å²) < 4.78 is 1.76. The molecule has 2 aromatic rings. The molecule has 1 aliphatic carbocycles. The Bertz CT molecular complexity index is 816. The van der Waals surface area contributed by atoms with Gasteiger partial charge in [0.05, 0.1) is 17.9 Å². The van der Waals surface area contributed by atoms with Crippen LogP contribution in [0.5, 0.6) is 0 Å². The Kier molecular flexibility index (Phi) is 7.47. The highest BCUT2D eigenvalue weighted by molar-refractivity contribution is 5.99. The Labute approximate surface area is 173 Å². The van der Waals surface area contributed by atoms with E-state index in [1.54, 1.807) is 10.9 Å². The summed E-state index contributed by atoms with van der Waals surface area (Å²) in [4.78, 5) is 13.1. The van der Waals surface area contributed by atoms with E-state index in [1.165, 1.54) is 0 Å². The number of rotatable bonds is 9. The molecule has 1 fully saturated rings. The second-order valence-electron chi connectivity index (χ2n) is 7.75. The standard InChI is InChI=1S/C23H32N4O2/c1-3-18-11-12-21(17(2)15-18)26-23(29)20-16-25-27(19-9-5-4-6-10-19)22(20)24-13-7-8-14-28/h4-6,9-10,16,18,21,24,28H,2-3,7-8,11-15H2,1H3,(H,26,29). The summed E-state index contributed by atoms with van der Waals surface area (Å²) in [6, 6.07) is 9.79. The minimum absolute atomic E-state index is 0.0209. The Morgan fingerprint density at radius 1 is 1.28 bits per heavy atom. The van der Waals surface area contributed by atoms with Crippen molar-refractivity contribution in [3.8, 4) is 5.69 Å². The molecule has 2 unspecified atom stereocenters. The molecule has 1 saturated carbocycles. The summed E-state index contributed by atoms with van der Waals surface area (Å²) in [6.07, 6.45) is 7.36. The third-order valence-corrected chi connectivity index (χ3v) is 5.68. The molecule has 0 spiro atoms. The lowest BCUT2D eigenvalue weighted by atomic mass is 9.81. The predicted molar refractivity (Wildman–Crippen MR) is 116 cm³/mol. The molecule has 3 rings (SSSR count). The third kappa shape index (κ3) is 5.26. The molecule has 1 aromatic carbocycles. The molecule has 1 amide bonds. The summed E-state index contributed by atoms with van der Waals surface area (Å²) >= 11 is 0. The fourth-order valence-corrected chi connectivity index (χ4v) is 3.87. The van der Waals surface area contributed by atoms with Crippen molar-refractivity contribution in [3.05, 3.63) is 54.2 Å². The highest BCUT2D eigenvalue weighted by Crippen LogP contribution is 2.30. The van der Waals surface area contributed by atoms with Crippen molar-refractivity contribution < 1.29 is 9.90 Å². The molecule has 1 aromatic heterocycles. The Hall–Kier alpha value is -2.60. The molecule has 6 heteroatoms. The maximum Gasteiger partial charge on any atom is 0.257 e. The van der Waals surface area contributed by atoms with Gasteiger partial charge in [-0.15, -0.1) is 0 Å². The molecule has 3 N–H and O–H groups in total. The largest absolute Gasteiger partial charge is 0.396 e. The van der Waals surface area contributed by atoms with E-state index in [9.17, 15) is 4.79 Å². The molecular formula is C23H32N4O2. The third-order valence-electron chi connectivity index (χ3n) is 5.68. The summed E-state index contributed by atoms with van der Waals surface area (Å²) in [5.41, 5.74) is 2.54. The zero-order chi connectivity index (χ0) is 20.6. The summed E-state index contributed by atoms with van der Waals surface area (Å²) in [5.74, 6) is 1.23. The number of aliphatic hydroxyl groups is 1. The van der Waals surface area contributed by atoms with E-state index in [-0.39, 0.29) is 18.6 Å². The minimum Gasteiger partial charge on any atom is -0.396 e. The number of nitrogens with one attached hydrogen (secondary N) is 2. The number of hydrogen-bond donors (Lipinski definition) is 3. The van der Waals surface area contributed by atoms with Gasteiger partial charge < -0.3 is 15.7 Å². The first-order valence-corrected chi connectivity index (χ1v) is 10.6. The number of aromatic nitrogens is 2. The average molecular weight is 397 g/mol. The van der Waals surface area contributed by atoms with Crippen molar-refractivity contribution in [3.63, 3.8) is 0 Å². The van der Waals surface area contributed by atoms with Crippen LogP contribution in [0.25, 0.3) is 5.69 Å². The normalized spacial score (nSPS) is 19.2. The first-order chi connectivity index (χ1) is 14.1. The van der Waals surface area contributed by atoms with Gasteiger partial charge in [0.25, 0.3) is 5.91 Å². The lowest BCUT2D eigenvalue weighted by Crippen LogP contribution is -2.39. The Balaban J connectivity index is 1.77. The fraction of sp³-hybridized carbons (Fsp3) is 0.478. The molecule has 0 bridgehead atoms. The maximum absolute atomic E-state index is 13.1. The molecule has 29 heavy (non-hydrogen) atoms. The molecule has 0 radical (unpaired) electrons. The van der Waals surface area contributed by atoms with E-state index >= 15 is 0 Å². The van der Waals surface area contributed by atoms with Crippen LogP contribution in [-0.2, 0) is 0 Å². The Morgan fingerprint density at radius 3 is 2.76 bits per heavy atom. The Morgan fingerprint density at radius 2 is 2.07 bits per heavy atom. The minimum atomic E-state index is -0.127. The monoisotopic (exact) mass is 396 g/mol. The molecule has 6 nitrogen and oxygen atoms in total. The van der Waals surface area contributed by atoms with E-state index in [4.69, 9.17) is 5.11 Å². The number of benzene rings is 1. The summed E-state index contributed by atoms with van der Waals surface area (Å²) in [7, 11) is 0. The van der Waals surface area contributed by atoms with Gasteiger partial charge in [-0.25, -0.2) is 4.68 Å².